The largest absolute Gasteiger partial charge is 0.459 e. The van der Waals surface area contributed by atoms with Gasteiger partial charge in [-0.3, -0.25) is 0 Å². The second-order valence-electron chi connectivity index (χ2n) is 3.62. The Morgan fingerprint density at radius 3 is 2.38 bits per heavy atom. The minimum Gasteiger partial charge on any atom is -0.459 e. The summed E-state index contributed by atoms with van der Waals surface area (Å²) in [5.41, 5.74) is 1.52. The van der Waals surface area contributed by atoms with E-state index >= 15 is 0 Å². The van der Waals surface area contributed by atoms with Gasteiger partial charge in [-0.1, -0.05) is 18.7 Å². The van der Waals surface area contributed by atoms with Gasteiger partial charge in [0.15, 0.2) is 0 Å². The van der Waals surface area contributed by atoms with Crippen molar-refractivity contribution in [1.82, 2.24) is 0 Å². The highest BCUT2D eigenvalue weighted by molar-refractivity contribution is 6.15. The van der Waals surface area contributed by atoms with E-state index in [1.165, 1.54) is 0 Å². The molecule has 0 amide bonds. The number of hydrogen-bond donors (Lipinski definition) is 0. The first-order chi connectivity index (χ1) is 7.54. The summed E-state index contributed by atoms with van der Waals surface area (Å²) in [7, 11) is 0. The summed E-state index contributed by atoms with van der Waals surface area (Å²) in [4.78, 5) is 11.5. The van der Waals surface area contributed by atoms with E-state index in [0.29, 0.717) is 16.7 Å². The number of nitriles is 1. The first kappa shape index (κ1) is 12.0. The zero-order chi connectivity index (χ0) is 12.1. The summed E-state index contributed by atoms with van der Waals surface area (Å²) in [6, 6.07) is 8.66. The minimum absolute atomic E-state index is 0.164. The van der Waals surface area contributed by atoms with Crippen LogP contribution in [0.4, 0.5) is 0 Å². The molecule has 0 radical (unpaired) electrons. The third-order valence-electron chi connectivity index (χ3n) is 1.95. The van der Waals surface area contributed by atoms with Gasteiger partial charge < -0.3 is 4.74 Å². The van der Waals surface area contributed by atoms with Crippen LogP contribution < -0.4 is 0 Å². The number of carbonyl (C=O) groups excluding carboxylic acids is 1. The molecule has 82 valence electrons. The summed E-state index contributed by atoms with van der Waals surface area (Å²) in [6.07, 6.45) is -0.164. The molecule has 0 spiro atoms. The summed E-state index contributed by atoms with van der Waals surface area (Å²) in [5.74, 6) is -0.431. The average Bonchev–Trinajstić information content (AvgIpc) is 2.27. The Balaban J connectivity index is 2.81. The van der Waals surface area contributed by atoms with Gasteiger partial charge >= 0.3 is 5.97 Å². The molecule has 0 aliphatic carbocycles. The van der Waals surface area contributed by atoms with Crippen LogP contribution in [0.5, 0.6) is 0 Å². The highest BCUT2D eigenvalue weighted by atomic mass is 16.5. The molecule has 3 nitrogen and oxygen atoms in total. The van der Waals surface area contributed by atoms with Crippen LogP contribution in [0.15, 0.2) is 30.8 Å². The SMILES string of the molecule is C=C(C(=O)OC(C)C)c1ccc(C#N)cc1. The molecule has 0 heterocycles. The van der Waals surface area contributed by atoms with Gasteiger partial charge in [-0.25, -0.2) is 4.79 Å². The van der Waals surface area contributed by atoms with E-state index in [2.05, 4.69) is 6.58 Å². The third kappa shape index (κ3) is 2.96. The number of ether oxygens (including phenoxy) is 1. The topological polar surface area (TPSA) is 50.1 Å². The van der Waals surface area contributed by atoms with Crippen LogP contribution >= 0.6 is 0 Å². The maximum Gasteiger partial charge on any atom is 0.338 e. The van der Waals surface area contributed by atoms with Crippen molar-refractivity contribution in [3.63, 3.8) is 0 Å². The lowest BCUT2D eigenvalue weighted by atomic mass is 10.1. The van der Waals surface area contributed by atoms with Crippen molar-refractivity contribution in [1.29, 1.82) is 5.26 Å². The van der Waals surface area contributed by atoms with E-state index in [0.717, 1.165) is 0 Å². The van der Waals surface area contributed by atoms with E-state index in [1.807, 2.05) is 6.07 Å². The quantitative estimate of drug-likeness (QED) is 0.575. The molecule has 16 heavy (non-hydrogen) atoms. The number of hydrogen-bond acceptors (Lipinski definition) is 3. The Labute approximate surface area is 95.0 Å². The predicted molar refractivity (Wildman–Crippen MR) is 61.4 cm³/mol. The lowest BCUT2D eigenvalue weighted by Crippen LogP contribution is -2.12. The van der Waals surface area contributed by atoms with Crippen LogP contribution in [0.1, 0.15) is 25.0 Å². The number of rotatable bonds is 3. The molecule has 1 aromatic carbocycles. The van der Waals surface area contributed by atoms with E-state index in [1.54, 1.807) is 38.1 Å². The summed E-state index contributed by atoms with van der Waals surface area (Å²) in [6.45, 7) is 7.24. The van der Waals surface area contributed by atoms with Crippen LogP contribution in [0.3, 0.4) is 0 Å². The Hall–Kier alpha value is -2.08. The van der Waals surface area contributed by atoms with E-state index < -0.39 is 5.97 Å². The number of benzene rings is 1. The van der Waals surface area contributed by atoms with Crippen molar-refractivity contribution in [2.45, 2.75) is 20.0 Å². The molecule has 3 heteroatoms. The second-order valence-corrected chi connectivity index (χ2v) is 3.62. The monoisotopic (exact) mass is 215 g/mol. The van der Waals surface area contributed by atoms with Crippen LogP contribution in [-0.2, 0) is 9.53 Å². The van der Waals surface area contributed by atoms with Crippen molar-refractivity contribution >= 4 is 11.5 Å². The van der Waals surface area contributed by atoms with Crippen molar-refractivity contribution < 1.29 is 9.53 Å². The Kier molecular flexibility index (Phi) is 3.84. The molecule has 0 unspecified atom stereocenters. The molecule has 0 atom stereocenters. The second kappa shape index (κ2) is 5.13. The lowest BCUT2D eigenvalue weighted by molar-refractivity contribution is -0.140. The van der Waals surface area contributed by atoms with Crippen LogP contribution in [0.2, 0.25) is 0 Å². The van der Waals surface area contributed by atoms with Gasteiger partial charge in [0.25, 0.3) is 0 Å². The number of esters is 1. The molecule has 0 fully saturated rings. The zero-order valence-electron chi connectivity index (χ0n) is 9.36. The molecule has 0 saturated heterocycles. The standard InChI is InChI=1S/C13H13NO2/c1-9(2)16-13(15)10(3)12-6-4-11(8-14)5-7-12/h4-7,9H,3H2,1-2H3. The molecule has 0 bridgehead atoms. The van der Waals surface area contributed by atoms with Crippen LogP contribution in [-0.4, -0.2) is 12.1 Å². The van der Waals surface area contributed by atoms with Gasteiger partial charge in [0.05, 0.1) is 23.3 Å². The smallest absolute Gasteiger partial charge is 0.338 e. The molecule has 0 saturated carbocycles. The van der Waals surface area contributed by atoms with Gasteiger partial charge in [0.2, 0.25) is 0 Å². The fraction of sp³-hybridized carbons (Fsp3) is 0.231. The highest BCUT2D eigenvalue weighted by Gasteiger charge is 2.12. The Morgan fingerprint density at radius 2 is 1.94 bits per heavy atom. The summed E-state index contributed by atoms with van der Waals surface area (Å²) in [5, 5.41) is 8.63. The van der Waals surface area contributed by atoms with Gasteiger partial charge in [0, 0.05) is 0 Å². The maximum absolute atomic E-state index is 11.5. The normalized spacial score (nSPS) is 9.62. The average molecular weight is 215 g/mol. The zero-order valence-corrected chi connectivity index (χ0v) is 9.36. The van der Waals surface area contributed by atoms with Crippen molar-refractivity contribution in [3.8, 4) is 6.07 Å². The highest BCUT2D eigenvalue weighted by Crippen LogP contribution is 2.15. The lowest BCUT2D eigenvalue weighted by Gasteiger charge is -2.09. The number of carbonyl (C=O) groups is 1. The fourth-order valence-corrected chi connectivity index (χ4v) is 1.15. The molecule has 0 aromatic heterocycles. The van der Waals surface area contributed by atoms with Gasteiger partial charge in [-0.05, 0) is 31.5 Å². The molecular formula is C13H13NO2. The van der Waals surface area contributed by atoms with Crippen molar-refractivity contribution in [3.05, 3.63) is 42.0 Å². The van der Waals surface area contributed by atoms with E-state index in [9.17, 15) is 4.79 Å². The van der Waals surface area contributed by atoms with E-state index in [4.69, 9.17) is 10.00 Å². The fourth-order valence-electron chi connectivity index (χ4n) is 1.15. The van der Waals surface area contributed by atoms with E-state index in [-0.39, 0.29) is 6.10 Å². The molecule has 0 N–H and O–H groups in total. The minimum atomic E-state index is -0.431. The third-order valence-corrected chi connectivity index (χ3v) is 1.95. The maximum atomic E-state index is 11.5. The predicted octanol–water partition coefficient (Wildman–Crippen LogP) is 2.52. The number of nitrogens with zero attached hydrogens (tertiary/aromatic N) is 1. The van der Waals surface area contributed by atoms with Crippen LogP contribution in [0.25, 0.3) is 5.57 Å². The summed E-state index contributed by atoms with van der Waals surface area (Å²) >= 11 is 0. The molecule has 0 aliphatic heterocycles. The van der Waals surface area contributed by atoms with Crippen molar-refractivity contribution in [2.75, 3.05) is 0 Å². The van der Waals surface area contributed by atoms with Crippen molar-refractivity contribution in [2.24, 2.45) is 0 Å². The molecule has 0 aliphatic rings. The van der Waals surface area contributed by atoms with Crippen LogP contribution in [0, 0.1) is 11.3 Å². The summed E-state index contributed by atoms with van der Waals surface area (Å²) < 4.78 is 5.02. The first-order valence-electron chi connectivity index (χ1n) is 4.95. The molecule has 1 aromatic rings. The van der Waals surface area contributed by atoms with Gasteiger partial charge in [0.1, 0.15) is 0 Å². The Bertz CT molecular complexity index is 438. The van der Waals surface area contributed by atoms with Gasteiger partial charge in [-0.15, -0.1) is 0 Å². The Morgan fingerprint density at radius 1 is 1.38 bits per heavy atom. The van der Waals surface area contributed by atoms with Gasteiger partial charge in [-0.2, -0.15) is 5.26 Å². The molecular weight excluding hydrogens is 202 g/mol. The molecule has 1 rings (SSSR count). The first-order valence-corrected chi connectivity index (χ1v) is 4.95.